The van der Waals surface area contributed by atoms with Crippen LogP contribution in [-0.2, 0) is 62.0 Å². The van der Waals surface area contributed by atoms with Gasteiger partial charge in [0.15, 0.2) is 18.2 Å². The molecule has 17 nitrogen and oxygen atoms in total. The van der Waals surface area contributed by atoms with E-state index in [0.717, 1.165) is 0 Å². The predicted octanol–water partition coefficient (Wildman–Crippen LogP) is 2.47. The summed E-state index contributed by atoms with van der Waals surface area (Å²) < 4.78 is 36.2. The average molecular weight is 798 g/mol. The fourth-order valence-electron chi connectivity index (χ4n) is 7.66. The molecule has 0 bridgehead atoms. The van der Waals surface area contributed by atoms with Crippen LogP contribution in [0.5, 0.6) is 0 Å². The molecule has 2 saturated heterocycles. The van der Waals surface area contributed by atoms with Gasteiger partial charge < -0.3 is 48.5 Å². The van der Waals surface area contributed by atoms with Crippen molar-refractivity contribution in [2.45, 2.75) is 154 Å². The van der Waals surface area contributed by atoms with Crippen LogP contribution in [0, 0.1) is 23.7 Å². The minimum absolute atomic E-state index is 0.0929. The van der Waals surface area contributed by atoms with E-state index in [0.29, 0.717) is 12.7 Å². The summed E-state index contributed by atoms with van der Waals surface area (Å²) in [6.07, 6.45) is -6.63. The maximum absolute atomic E-state index is 13.5. The second-order valence-electron chi connectivity index (χ2n) is 15.6. The van der Waals surface area contributed by atoms with Crippen molar-refractivity contribution in [3.8, 4) is 0 Å². The van der Waals surface area contributed by atoms with Crippen LogP contribution in [0.25, 0.3) is 0 Å². The molecule has 0 aromatic heterocycles. The lowest BCUT2D eigenvalue weighted by atomic mass is 9.79. The maximum Gasteiger partial charge on any atom is 0.308 e. The van der Waals surface area contributed by atoms with Crippen molar-refractivity contribution in [3.05, 3.63) is 12.2 Å². The summed E-state index contributed by atoms with van der Waals surface area (Å²) in [5.41, 5.74) is -0.759. The third-order valence-electron chi connectivity index (χ3n) is 11.0. The van der Waals surface area contributed by atoms with Crippen LogP contribution in [0.15, 0.2) is 12.2 Å². The number of rotatable bonds is 14. The monoisotopic (exact) mass is 797 g/mol. The molecule has 3 aliphatic heterocycles. The lowest BCUT2D eigenvalue weighted by molar-refractivity contribution is -0.308. The van der Waals surface area contributed by atoms with Crippen molar-refractivity contribution in [3.63, 3.8) is 0 Å². The summed E-state index contributed by atoms with van der Waals surface area (Å²) in [5, 5.41) is 29.9. The molecule has 56 heavy (non-hydrogen) atoms. The Hall–Kier alpha value is -3.77. The smallest absolute Gasteiger partial charge is 0.308 e. The summed E-state index contributed by atoms with van der Waals surface area (Å²) in [4.78, 5) is 88.9. The number of carboxylic acid groups (broad SMARTS) is 2. The van der Waals surface area contributed by atoms with Gasteiger partial charge in [0.25, 0.3) is 0 Å². The molecule has 0 aromatic carbocycles. The van der Waals surface area contributed by atoms with Gasteiger partial charge in [-0.25, -0.2) is 0 Å². The zero-order valence-electron chi connectivity index (χ0n) is 33.5. The van der Waals surface area contributed by atoms with Gasteiger partial charge in [-0.3, -0.25) is 33.7 Å². The number of allylic oxidation sites excluding steroid dienone is 1. The van der Waals surface area contributed by atoms with Gasteiger partial charge in [0.2, 0.25) is 0 Å². The van der Waals surface area contributed by atoms with Gasteiger partial charge in [-0.1, -0.05) is 27.7 Å². The fraction of sp³-hybridized carbons (Fsp3) is 0.769. The highest BCUT2D eigenvalue weighted by molar-refractivity contribution is 5.91. The first-order valence-corrected chi connectivity index (χ1v) is 19.2. The molecule has 2 fully saturated rings. The van der Waals surface area contributed by atoms with E-state index >= 15 is 0 Å². The van der Waals surface area contributed by atoms with Crippen molar-refractivity contribution in [2.75, 3.05) is 14.1 Å². The lowest BCUT2D eigenvalue weighted by Crippen LogP contribution is -2.65. The van der Waals surface area contributed by atoms with Crippen LogP contribution >= 0.6 is 0 Å². The molecule has 14 unspecified atom stereocenters. The van der Waals surface area contributed by atoms with Crippen molar-refractivity contribution >= 4 is 41.9 Å². The number of carbonyl (C=O) groups is 7. The van der Waals surface area contributed by atoms with Crippen LogP contribution in [0.4, 0.5) is 0 Å². The third-order valence-corrected chi connectivity index (χ3v) is 11.0. The SMILES string of the molecule is CCC1OC(=O)CC(O)C(C)C(OC2OC(C)C(OC(=O)CCC(=O)O)C(N(C)C)C2OC(=O)CCC(=O)O)C(CC=O)CC(C)C(=O)/C=C/C2(C)OC2C1C. The Bertz CT molecular complexity index is 1450. The molecule has 14 atom stereocenters. The zero-order valence-corrected chi connectivity index (χ0v) is 33.5. The lowest BCUT2D eigenvalue weighted by Gasteiger charge is -2.48. The van der Waals surface area contributed by atoms with Gasteiger partial charge in [0.1, 0.15) is 24.1 Å². The molecule has 3 heterocycles. The van der Waals surface area contributed by atoms with E-state index in [1.807, 2.05) is 20.8 Å². The Morgan fingerprint density at radius 1 is 0.929 bits per heavy atom. The van der Waals surface area contributed by atoms with Crippen LogP contribution < -0.4 is 0 Å². The van der Waals surface area contributed by atoms with Crippen molar-refractivity contribution < 1.29 is 77.3 Å². The number of aliphatic carboxylic acids is 2. The number of carboxylic acids is 2. The first-order chi connectivity index (χ1) is 26.2. The second-order valence-corrected chi connectivity index (χ2v) is 15.6. The van der Waals surface area contributed by atoms with Gasteiger partial charge >= 0.3 is 29.8 Å². The number of hydrogen-bond donors (Lipinski definition) is 3. The summed E-state index contributed by atoms with van der Waals surface area (Å²) in [6.45, 7) is 10.5. The molecule has 0 radical (unpaired) electrons. The Balaban J connectivity index is 2.08. The third kappa shape index (κ3) is 12.6. The van der Waals surface area contributed by atoms with E-state index in [9.17, 15) is 43.8 Å². The van der Waals surface area contributed by atoms with Crippen LogP contribution in [-0.4, -0.2) is 137 Å². The molecule has 316 valence electrons. The Kier molecular flexibility index (Phi) is 17.1. The van der Waals surface area contributed by atoms with Gasteiger partial charge in [-0.05, 0) is 58.9 Å². The molecule has 3 rings (SSSR count). The van der Waals surface area contributed by atoms with Crippen molar-refractivity contribution in [1.82, 2.24) is 4.90 Å². The van der Waals surface area contributed by atoms with E-state index in [2.05, 4.69) is 0 Å². The predicted molar refractivity (Wildman–Crippen MR) is 195 cm³/mol. The number of ether oxygens (including phenoxy) is 6. The molecule has 0 amide bonds. The molecule has 3 N–H and O–H groups in total. The number of hydrogen-bond acceptors (Lipinski definition) is 15. The number of aliphatic hydroxyl groups is 1. The minimum atomic E-state index is -1.48. The van der Waals surface area contributed by atoms with E-state index in [-0.39, 0.29) is 30.6 Å². The quantitative estimate of drug-likeness (QED) is 0.0989. The molecule has 0 spiro atoms. The Morgan fingerprint density at radius 3 is 2.05 bits per heavy atom. The number of carbonyl (C=O) groups excluding carboxylic acids is 5. The Morgan fingerprint density at radius 2 is 1.52 bits per heavy atom. The summed E-state index contributed by atoms with van der Waals surface area (Å²) in [7, 11) is 3.21. The van der Waals surface area contributed by atoms with Crippen molar-refractivity contribution in [1.29, 1.82) is 0 Å². The maximum atomic E-state index is 13.5. The topological polar surface area (TPSA) is 242 Å². The number of fused-ring (bicyclic) bond motifs is 1. The standard InChI is InChI=1S/C39H59NO16/c1-9-27-22(4)37-39(6,56-37)16-14-25(42)20(2)18-24(15-17-41)34(21(3)26(43)19-32(50)52-27)55-38-36(54-31(49)13-11-29(46)47)33(40(7)8)35(23(5)51-38)53-30(48)12-10-28(44)45/h14,16-17,20-24,26-27,33-38,43H,9-13,15,18-19H2,1-8H3,(H,44,45)(H,46,47)/b16-14+. The molecular formula is C39H59NO16. The van der Waals surface area contributed by atoms with Crippen molar-refractivity contribution in [2.24, 2.45) is 23.7 Å². The van der Waals surface area contributed by atoms with Crippen LogP contribution in [0.3, 0.4) is 0 Å². The second kappa shape index (κ2) is 20.6. The van der Waals surface area contributed by atoms with E-state index < -0.39 is 134 Å². The number of likely N-dealkylation sites (N-methyl/N-ethyl adjacent to an activating group) is 1. The van der Waals surface area contributed by atoms with Gasteiger partial charge in [0.05, 0.1) is 62.6 Å². The molecule has 17 heteroatoms. The van der Waals surface area contributed by atoms with Gasteiger partial charge in [-0.2, -0.15) is 0 Å². The largest absolute Gasteiger partial charge is 0.481 e. The highest BCUT2D eigenvalue weighted by Gasteiger charge is 2.56. The molecule has 0 saturated carbocycles. The highest BCUT2D eigenvalue weighted by atomic mass is 16.7. The molecular weight excluding hydrogens is 738 g/mol. The number of nitrogens with zero attached hydrogens (tertiary/aromatic N) is 1. The average Bonchev–Trinajstić information content (AvgIpc) is 3.81. The molecule has 3 aliphatic rings. The normalized spacial score (nSPS) is 37.4. The summed E-state index contributed by atoms with van der Waals surface area (Å²) in [6, 6.07) is -0.995. The first-order valence-electron chi connectivity index (χ1n) is 19.2. The van der Waals surface area contributed by atoms with Gasteiger partial charge in [0, 0.05) is 24.2 Å². The zero-order chi connectivity index (χ0) is 42.1. The highest BCUT2D eigenvalue weighted by Crippen LogP contribution is 2.45. The molecule has 0 aromatic rings. The number of epoxide rings is 1. The van der Waals surface area contributed by atoms with Crippen LogP contribution in [0.2, 0.25) is 0 Å². The minimum Gasteiger partial charge on any atom is -0.481 e. The first kappa shape index (κ1) is 46.6. The number of esters is 3. The summed E-state index contributed by atoms with van der Waals surface area (Å²) >= 11 is 0. The fourth-order valence-corrected chi connectivity index (χ4v) is 7.66. The van der Waals surface area contributed by atoms with Gasteiger partial charge in [-0.15, -0.1) is 0 Å². The number of aldehydes is 1. The number of aliphatic hydroxyl groups excluding tert-OH is 1. The van der Waals surface area contributed by atoms with E-state index in [1.165, 1.54) is 6.08 Å². The molecule has 0 aliphatic carbocycles. The number of cyclic esters (lactones) is 1. The van der Waals surface area contributed by atoms with Crippen LogP contribution in [0.1, 0.15) is 92.9 Å². The number of ketones is 1. The van der Waals surface area contributed by atoms with E-state index in [1.54, 1.807) is 45.8 Å². The van der Waals surface area contributed by atoms with E-state index in [4.69, 9.17) is 33.5 Å². The Labute approximate surface area is 327 Å². The summed E-state index contributed by atoms with van der Waals surface area (Å²) in [5.74, 6) is -7.73.